The van der Waals surface area contributed by atoms with Crippen LogP contribution in [0.3, 0.4) is 0 Å². The van der Waals surface area contributed by atoms with E-state index in [1.54, 1.807) is 18.3 Å². The van der Waals surface area contributed by atoms with Gasteiger partial charge in [0.05, 0.1) is 17.5 Å². The molecule has 0 saturated heterocycles. The minimum atomic E-state index is -2.75. The van der Waals surface area contributed by atoms with Crippen LogP contribution in [0.2, 0.25) is 0 Å². The second kappa shape index (κ2) is 12.4. The summed E-state index contributed by atoms with van der Waals surface area (Å²) in [6.07, 6.45) is 9.26. The summed E-state index contributed by atoms with van der Waals surface area (Å²) in [5.41, 5.74) is 2.12. The van der Waals surface area contributed by atoms with Crippen molar-refractivity contribution < 1.29 is 22.7 Å². The molecule has 0 aliphatic heterocycles. The molecule has 0 aromatic carbocycles. The zero-order valence-electron chi connectivity index (χ0n) is 21.5. The van der Waals surface area contributed by atoms with Gasteiger partial charge in [0.2, 0.25) is 0 Å². The highest BCUT2D eigenvalue weighted by molar-refractivity contribution is 5.78. The largest absolute Gasteiger partial charge is 0.396 e. The fourth-order valence-electron chi connectivity index (χ4n) is 4.85. The number of nitrogens with zero attached hydrogens (tertiary/aromatic N) is 7. The Kier molecular flexibility index (Phi) is 8.53. The van der Waals surface area contributed by atoms with Crippen molar-refractivity contribution in [2.75, 3.05) is 17.2 Å². The summed E-state index contributed by atoms with van der Waals surface area (Å²) in [4.78, 5) is 13.1. The average Bonchev–Trinajstić information content (AvgIpc) is 3.61. The van der Waals surface area contributed by atoms with E-state index in [1.807, 2.05) is 0 Å². The molecule has 0 amide bonds. The van der Waals surface area contributed by atoms with Crippen LogP contribution in [0, 0.1) is 5.92 Å². The molecule has 40 heavy (non-hydrogen) atoms. The smallest absolute Gasteiger partial charge is 0.333 e. The summed E-state index contributed by atoms with van der Waals surface area (Å²) in [5, 5.41) is 23.9. The van der Waals surface area contributed by atoms with Gasteiger partial charge in [0.15, 0.2) is 5.82 Å². The maximum atomic E-state index is 13.2. The van der Waals surface area contributed by atoms with Gasteiger partial charge in [-0.15, -0.1) is 0 Å². The van der Waals surface area contributed by atoms with Gasteiger partial charge < -0.3 is 15.7 Å². The molecule has 4 heterocycles. The lowest BCUT2D eigenvalue weighted by Crippen LogP contribution is -2.26. The summed E-state index contributed by atoms with van der Waals surface area (Å²) < 4.78 is 53.4. The molecular weight excluding hydrogens is 530 g/mol. The van der Waals surface area contributed by atoms with Gasteiger partial charge in [-0.1, -0.05) is 0 Å². The van der Waals surface area contributed by atoms with Crippen molar-refractivity contribution in [3.63, 3.8) is 0 Å². The molecule has 14 heteroatoms. The molecule has 4 aromatic rings. The molecule has 1 fully saturated rings. The fourth-order valence-corrected chi connectivity index (χ4v) is 4.85. The molecule has 1 saturated carbocycles. The lowest BCUT2D eigenvalue weighted by molar-refractivity contribution is 0.0568. The topological polar surface area (TPSA) is 119 Å². The molecule has 0 bridgehead atoms. The lowest BCUT2D eigenvalue weighted by Gasteiger charge is -2.30. The molecule has 1 aliphatic carbocycles. The number of halogens is 4. The number of aliphatic hydroxyl groups excluding tert-OH is 1. The van der Waals surface area contributed by atoms with Gasteiger partial charge in [-0.05, 0) is 50.2 Å². The maximum absolute atomic E-state index is 13.2. The first-order valence-corrected chi connectivity index (χ1v) is 13.0. The predicted molar refractivity (Wildman–Crippen MR) is 140 cm³/mol. The first-order chi connectivity index (χ1) is 19.4. The standard InChI is InChI=1S/C26H29F4N9O/c27-22(28)15-38-14-17(12-33-38)25-31-8-5-23(36-25)35-24-11-21(34-18-3-1-16(2-4-18)7-10-40)19(13-32-24)20-6-9-39(37-20)26(29)30/h5-6,8-9,11-14,16,18,22,26,40H,1-4,7,10,15H2,(H2,31,32,34,35,36). The number of hydrogen-bond donors (Lipinski definition) is 3. The highest BCUT2D eigenvalue weighted by Crippen LogP contribution is 2.34. The number of alkyl halides is 4. The Morgan fingerprint density at radius 3 is 2.58 bits per heavy atom. The van der Waals surface area contributed by atoms with Gasteiger partial charge in [-0.25, -0.2) is 28.4 Å². The van der Waals surface area contributed by atoms with Crippen molar-refractivity contribution in [1.29, 1.82) is 0 Å². The van der Waals surface area contributed by atoms with Crippen molar-refractivity contribution in [1.82, 2.24) is 34.5 Å². The van der Waals surface area contributed by atoms with Gasteiger partial charge in [-0.2, -0.15) is 19.0 Å². The third kappa shape index (κ3) is 6.73. The van der Waals surface area contributed by atoms with Crippen LogP contribution in [-0.2, 0) is 6.54 Å². The van der Waals surface area contributed by atoms with Gasteiger partial charge in [0.1, 0.15) is 18.2 Å². The van der Waals surface area contributed by atoms with Crippen molar-refractivity contribution in [2.45, 2.75) is 57.7 Å². The maximum Gasteiger partial charge on any atom is 0.333 e. The van der Waals surface area contributed by atoms with E-state index in [9.17, 15) is 22.7 Å². The first kappa shape index (κ1) is 27.5. The average molecular weight is 560 g/mol. The van der Waals surface area contributed by atoms with E-state index in [2.05, 4.69) is 35.8 Å². The Hall–Kier alpha value is -4.07. The molecule has 10 nitrogen and oxygen atoms in total. The zero-order chi connectivity index (χ0) is 28.1. The van der Waals surface area contributed by atoms with E-state index in [-0.39, 0.29) is 12.6 Å². The number of pyridine rings is 1. The Morgan fingerprint density at radius 2 is 1.85 bits per heavy atom. The molecule has 0 unspecified atom stereocenters. The van der Waals surface area contributed by atoms with Crippen molar-refractivity contribution in [3.8, 4) is 22.6 Å². The van der Waals surface area contributed by atoms with Gasteiger partial charge >= 0.3 is 6.55 Å². The van der Waals surface area contributed by atoms with E-state index in [0.29, 0.717) is 50.6 Å². The minimum Gasteiger partial charge on any atom is -0.396 e. The summed E-state index contributed by atoms with van der Waals surface area (Å²) in [7, 11) is 0. The van der Waals surface area contributed by atoms with Crippen molar-refractivity contribution in [3.05, 3.63) is 49.2 Å². The number of aliphatic hydroxyl groups is 1. The number of nitrogens with one attached hydrogen (secondary N) is 2. The van der Waals surface area contributed by atoms with Crippen molar-refractivity contribution >= 4 is 17.3 Å². The lowest BCUT2D eigenvalue weighted by atomic mass is 9.84. The Balaban J connectivity index is 1.38. The third-order valence-corrected chi connectivity index (χ3v) is 6.86. The minimum absolute atomic E-state index is 0.163. The summed E-state index contributed by atoms with van der Waals surface area (Å²) in [5.74, 6) is 1.67. The molecule has 0 radical (unpaired) electrons. The van der Waals surface area contributed by atoms with Gasteiger partial charge in [0.25, 0.3) is 6.43 Å². The van der Waals surface area contributed by atoms with E-state index in [1.165, 1.54) is 30.9 Å². The summed E-state index contributed by atoms with van der Waals surface area (Å²) in [6, 6.07) is 5.10. The second-order valence-electron chi connectivity index (χ2n) is 9.68. The van der Waals surface area contributed by atoms with Crippen LogP contribution >= 0.6 is 0 Å². The Morgan fingerprint density at radius 1 is 1.02 bits per heavy atom. The Bertz CT molecular complexity index is 1400. The highest BCUT2D eigenvalue weighted by Gasteiger charge is 2.23. The molecule has 0 spiro atoms. The molecule has 1 aliphatic rings. The normalized spacial score (nSPS) is 17.5. The van der Waals surface area contributed by atoms with Crippen LogP contribution in [0.1, 0.15) is 38.7 Å². The summed E-state index contributed by atoms with van der Waals surface area (Å²) in [6.45, 7) is -3.10. The van der Waals surface area contributed by atoms with Crippen LogP contribution in [-0.4, -0.2) is 58.7 Å². The van der Waals surface area contributed by atoms with Gasteiger partial charge in [0, 0.05) is 54.8 Å². The van der Waals surface area contributed by atoms with E-state index in [4.69, 9.17) is 0 Å². The summed E-state index contributed by atoms with van der Waals surface area (Å²) >= 11 is 0. The number of aromatic nitrogens is 7. The molecule has 3 N–H and O–H groups in total. The zero-order valence-corrected chi connectivity index (χ0v) is 21.5. The van der Waals surface area contributed by atoms with Gasteiger partial charge in [-0.3, -0.25) is 4.68 Å². The third-order valence-electron chi connectivity index (χ3n) is 6.86. The quantitative estimate of drug-likeness (QED) is 0.210. The van der Waals surface area contributed by atoms with E-state index in [0.717, 1.165) is 36.8 Å². The van der Waals surface area contributed by atoms with Crippen LogP contribution < -0.4 is 10.6 Å². The van der Waals surface area contributed by atoms with E-state index < -0.39 is 19.5 Å². The van der Waals surface area contributed by atoms with Crippen molar-refractivity contribution in [2.24, 2.45) is 5.92 Å². The van der Waals surface area contributed by atoms with Crippen LogP contribution in [0.5, 0.6) is 0 Å². The number of rotatable bonds is 11. The molecule has 212 valence electrons. The predicted octanol–water partition coefficient (Wildman–Crippen LogP) is 5.36. The molecule has 5 rings (SSSR count). The van der Waals surface area contributed by atoms with Crippen LogP contribution in [0.15, 0.2) is 49.2 Å². The van der Waals surface area contributed by atoms with Crippen LogP contribution in [0.4, 0.5) is 34.9 Å². The Labute approximate surface area is 227 Å². The molecule has 4 aromatic heterocycles. The molecular formula is C26H29F4N9O. The number of anilines is 3. The monoisotopic (exact) mass is 559 g/mol. The fraction of sp³-hybridized carbons (Fsp3) is 0.423. The second-order valence-corrected chi connectivity index (χ2v) is 9.68. The SMILES string of the molecule is OCCC1CCC(Nc2cc(Nc3ccnc(-c4cnn(CC(F)F)c4)n3)ncc2-c2ccn(C(F)F)n2)CC1. The van der Waals surface area contributed by atoms with E-state index >= 15 is 0 Å². The van der Waals surface area contributed by atoms with Crippen LogP contribution in [0.25, 0.3) is 22.6 Å². The first-order valence-electron chi connectivity index (χ1n) is 13.0. The highest BCUT2D eigenvalue weighted by atomic mass is 19.3. The molecule has 0 atom stereocenters. The number of hydrogen-bond acceptors (Lipinski definition) is 8.